The van der Waals surface area contributed by atoms with Gasteiger partial charge in [-0.3, -0.25) is 0 Å². The summed E-state index contributed by atoms with van der Waals surface area (Å²) < 4.78 is 5.81. The fourth-order valence-corrected chi connectivity index (χ4v) is 3.72. The van der Waals surface area contributed by atoms with E-state index in [9.17, 15) is 0 Å². The van der Waals surface area contributed by atoms with E-state index < -0.39 is 0 Å². The van der Waals surface area contributed by atoms with E-state index >= 15 is 0 Å². The number of rotatable bonds is 6. The minimum atomic E-state index is 0.257. The summed E-state index contributed by atoms with van der Waals surface area (Å²) >= 11 is 1.45. The Kier molecular flexibility index (Phi) is 6.99. The minimum Gasteiger partial charge on any atom is -0.305 e. The van der Waals surface area contributed by atoms with Crippen LogP contribution in [0.2, 0.25) is 0 Å². The van der Waals surface area contributed by atoms with Gasteiger partial charge < -0.3 is 4.18 Å². The Morgan fingerprint density at radius 1 is 0.846 bits per heavy atom. The van der Waals surface area contributed by atoms with Gasteiger partial charge >= 0.3 is 0 Å². The summed E-state index contributed by atoms with van der Waals surface area (Å²) in [5.41, 5.74) is 4.50. The monoisotopic (exact) mass is 370 g/mol. The molecule has 0 aromatic heterocycles. The average molecular weight is 371 g/mol. The summed E-state index contributed by atoms with van der Waals surface area (Å²) in [7, 11) is 0. The zero-order chi connectivity index (χ0) is 19.4. The van der Waals surface area contributed by atoms with Crippen molar-refractivity contribution in [1.82, 2.24) is 0 Å². The number of hydrogen-bond acceptors (Lipinski definition) is 2. The topological polar surface area (TPSA) is 9.23 Å². The Hall–Kier alpha value is -1.25. The highest BCUT2D eigenvalue weighted by Crippen LogP contribution is 2.43. The molecule has 0 aliphatic rings. The maximum Gasteiger partial charge on any atom is 0.0869 e. The number of benzene rings is 2. The molecule has 2 rings (SSSR count). The maximum atomic E-state index is 5.81. The first-order valence-electron chi connectivity index (χ1n) is 9.49. The van der Waals surface area contributed by atoms with Crippen LogP contribution in [0.5, 0.6) is 0 Å². The first kappa shape index (κ1) is 21.1. The highest BCUT2D eigenvalue weighted by Gasteiger charge is 2.30. The predicted molar refractivity (Wildman–Crippen MR) is 115 cm³/mol. The zero-order valence-corrected chi connectivity index (χ0v) is 18.2. The lowest BCUT2D eigenvalue weighted by Gasteiger charge is -2.36. The van der Waals surface area contributed by atoms with Crippen LogP contribution in [0.4, 0.5) is 0 Å². The Bertz CT molecular complexity index is 672. The van der Waals surface area contributed by atoms with E-state index in [1.807, 2.05) is 0 Å². The maximum absolute atomic E-state index is 5.81. The smallest absolute Gasteiger partial charge is 0.0869 e. The van der Waals surface area contributed by atoms with E-state index in [2.05, 4.69) is 97.0 Å². The van der Waals surface area contributed by atoms with Crippen LogP contribution in [0.15, 0.2) is 53.4 Å². The van der Waals surface area contributed by atoms with E-state index in [1.165, 1.54) is 35.2 Å². The molecule has 142 valence electrons. The van der Waals surface area contributed by atoms with E-state index in [0.29, 0.717) is 17.9 Å². The number of hydrogen-bond donors (Lipinski definition) is 0. The molecule has 0 saturated carbocycles. The van der Waals surface area contributed by atoms with Crippen molar-refractivity contribution in [2.24, 2.45) is 10.8 Å². The van der Waals surface area contributed by atoms with E-state index in [4.69, 9.17) is 4.18 Å². The molecule has 2 aromatic rings. The second-order valence-corrected chi connectivity index (χ2v) is 10.5. The second kappa shape index (κ2) is 8.63. The van der Waals surface area contributed by atoms with Gasteiger partial charge in [0.2, 0.25) is 0 Å². The standard InChI is InChI=1S/C24H34OS/c1-18-8-14-21(15-9-18)26-25-17-19-10-12-20(13-11-19)22(24(5,6)7)16-23(2,3)4/h8-15,22H,16-17H2,1-7H3. The Labute approximate surface area is 164 Å². The molecule has 1 nitrogen and oxygen atoms in total. The largest absolute Gasteiger partial charge is 0.305 e. The lowest BCUT2D eigenvalue weighted by Crippen LogP contribution is -2.23. The van der Waals surface area contributed by atoms with Gasteiger partial charge in [0, 0.05) is 16.9 Å². The Morgan fingerprint density at radius 2 is 1.42 bits per heavy atom. The quantitative estimate of drug-likeness (QED) is 0.480. The molecule has 0 N–H and O–H groups in total. The van der Waals surface area contributed by atoms with Crippen LogP contribution >= 0.6 is 12.0 Å². The van der Waals surface area contributed by atoms with Crippen LogP contribution in [0, 0.1) is 17.8 Å². The Balaban J connectivity index is 1.98. The highest BCUT2D eigenvalue weighted by atomic mass is 32.2. The molecular formula is C24H34OS. The number of aryl methyl sites for hydroxylation is 1. The molecule has 0 heterocycles. The summed E-state index contributed by atoms with van der Waals surface area (Å²) in [6.45, 7) is 16.7. The Morgan fingerprint density at radius 3 is 1.92 bits per heavy atom. The van der Waals surface area contributed by atoms with Gasteiger partial charge in [0.15, 0.2) is 0 Å². The molecule has 26 heavy (non-hydrogen) atoms. The van der Waals surface area contributed by atoms with Crippen LogP contribution < -0.4 is 0 Å². The summed E-state index contributed by atoms with van der Waals surface area (Å²) in [6.07, 6.45) is 1.19. The minimum absolute atomic E-state index is 0.257. The summed E-state index contributed by atoms with van der Waals surface area (Å²) in [6, 6.07) is 17.4. The highest BCUT2D eigenvalue weighted by molar-refractivity contribution is 7.94. The van der Waals surface area contributed by atoms with Gasteiger partial charge in [-0.15, -0.1) is 0 Å². The van der Waals surface area contributed by atoms with Crippen molar-refractivity contribution in [1.29, 1.82) is 0 Å². The fraction of sp³-hybridized carbons (Fsp3) is 0.500. The molecule has 0 bridgehead atoms. The molecule has 0 amide bonds. The van der Waals surface area contributed by atoms with Gasteiger partial charge in [0.1, 0.15) is 0 Å². The van der Waals surface area contributed by atoms with Crippen LogP contribution in [0.1, 0.15) is 70.6 Å². The van der Waals surface area contributed by atoms with Gasteiger partial charge in [-0.1, -0.05) is 83.5 Å². The van der Waals surface area contributed by atoms with E-state index in [1.54, 1.807) is 0 Å². The van der Waals surface area contributed by atoms with Crippen LogP contribution in [0.25, 0.3) is 0 Å². The average Bonchev–Trinajstić information content (AvgIpc) is 2.54. The van der Waals surface area contributed by atoms with Crippen molar-refractivity contribution in [2.75, 3.05) is 0 Å². The third kappa shape index (κ3) is 6.81. The predicted octanol–water partition coefficient (Wildman–Crippen LogP) is 7.78. The van der Waals surface area contributed by atoms with Crippen LogP contribution in [0.3, 0.4) is 0 Å². The van der Waals surface area contributed by atoms with Crippen LogP contribution in [-0.4, -0.2) is 0 Å². The molecule has 1 atom stereocenters. The molecule has 2 heteroatoms. The fourth-order valence-electron chi connectivity index (χ4n) is 3.14. The summed E-state index contributed by atoms with van der Waals surface area (Å²) in [5, 5.41) is 0. The normalized spacial score (nSPS) is 13.7. The van der Waals surface area contributed by atoms with Crippen molar-refractivity contribution in [3.63, 3.8) is 0 Å². The molecule has 0 fully saturated rings. The molecular weight excluding hydrogens is 336 g/mol. The van der Waals surface area contributed by atoms with Gasteiger partial charge in [-0.05, 0) is 53.4 Å². The van der Waals surface area contributed by atoms with Crippen molar-refractivity contribution in [2.45, 2.75) is 72.3 Å². The molecule has 0 saturated heterocycles. The first-order chi connectivity index (χ1) is 12.0. The second-order valence-electron chi connectivity index (χ2n) is 9.58. The molecule has 0 aliphatic heterocycles. The van der Waals surface area contributed by atoms with Crippen molar-refractivity contribution >= 4 is 12.0 Å². The summed E-state index contributed by atoms with van der Waals surface area (Å²) in [5.74, 6) is 0.555. The van der Waals surface area contributed by atoms with Gasteiger partial charge in [-0.25, -0.2) is 0 Å². The van der Waals surface area contributed by atoms with E-state index in [-0.39, 0.29) is 5.41 Å². The van der Waals surface area contributed by atoms with Crippen molar-refractivity contribution < 1.29 is 4.18 Å². The summed E-state index contributed by atoms with van der Waals surface area (Å²) in [4.78, 5) is 1.14. The van der Waals surface area contributed by atoms with Crippen molar-refractivity contribution in [3.8, 4) is 0 Å². The van der Waals surface area contributed by atoms with Gasteiger partial charge in [0.05, 0.1) is 6.61 Å². The van der Waals surface area contributed by atoms with Gasteiger partial charge in [0.25, 0.3) is 0 Å². The molecule has 0 spiro atoms. The van der Waals surface area contributed by atoms with Gasteiger partial charge in [-0.2, -0.15) is 0 Å². The van der Waals surface area contributed by atoms with Crippen LogP contribution in [-0.2, 0) is 10.8 Å². The lowest BCUT2D eigenvalue weighted by molar-refractivity contribution is 0.229. The lowest BCUT2D eigenvalue weighted by atomic mass is 9.69. The zero-order valence-electron chi connectivity index (χ0n) is 17.4. The third-order valence-electron chi connectivity index (χ3n) is 4.65. The first-order valence-corrected chi connectivity index (χ1v) is 10.2. The molecule has 1 unspecified atom stereocenters. The third-order valence-corrected chi connectivity index (χ3v) is 5.35. The van der Waals surface area contributed by atoms with E-state index in [0.717, 1.165) is 4.90 Å². The van der Waals surface area contributed by atoms with Crippen molar-refractivity contribution in [3.05, 3.63) is 65.2 Å². The molecule has 0 radical (unpaired) electrons. The molecule has 0 aliphatic carbocycles. The SMILES string of the molecule is Cc1ccc(SOCc2ccc(C(CC(C)(C)C)C(C)(C)C)cc2)cc1. The molecule has 2 aromatic carbocycles.